The summed E-state index contributed by atoms with van der Waals surface area (Å²) in [6.45, 7) is 3.11. The Morgan fingerprint density at radius 3 is 2.10 bits per heavy atom. The van der Waals surface area contributed by atoms with Crippen LogP contribution in [0.4, 0.5) is 0 Å². The first kappa shape index (κ1) is 17.5. The fourth-order valence-corrected chi connectivity index (χ4v) is 1.94. The fourth-order valence-electron chi connectivity index (χ4n) is 1.94. The van der Waals surface area contributed by atoms with Gasteiger partial charge in [-0.25, -0.2) is 4.57 Å². The third kappa shape index (κ3) is 4.74. The van der Waals surface area contributed by atoms with Crippen LogP contribution in [0.15, 0.2) is 42.7 Å². The van der Waals surface area contributed by atoms with Crippen LogP contribution >= 0.6 is 0 Å². The van der Waals surface area contributed by atoms with E-state index in [1.54, 1.807) is 14.2 Å². The van der Waals surface area contributed by atoms with Crippen LogP contribution in [0.3, 0.4) is 0 Å². The molecule has 0 saturated carbocycles. The second kappa shape index (κ2) is 8.67. The number of hydrogen-bond acceptors (Lipinski definition) is 2. The Labute approximate surface area is 143 Å². The lowest BCUT2D eigenvalue weighted by molar-refractivity contribution is -0.693. The fraction of sp³-hybridized carbons (Fsp3) is 0.235. The van der Waals surface area contributed by atoms with Crippen LogP contribution in [-0.2, 0) is 6.54 Å². The number of rotatable bonds is 5. The van der Waals surface area contributed by atoms with Crippen LogP contribution < -0.4 is 38.0 Å². The van der Waals surface area contributed by atoms with Crippen molar-refractivity contribution in [1.29, 1.82) is 0 Å². The first-order chi connectivity index (χ1) is 9.76. The second-order valence-electron chi connectivity index (χ2n) is 4.41. The Bertz CT molecular complexity index is 594. The van der Waals surface area contributed by atoms with Crippen LogP contribution in [0, 0.1) is 0 Å². The maximum Gasteiger partial charge on any atom is 0.169 e. The highest BCUT2D eigenvalue weighted by Crippen LogP contribution is 2.28. The third-order valence-corrected chi connectivity index (χ3v) is 3.16. The summed E-state index contributed by atoms with van der Waals surface area (Å²) in [6, 6.07) is 10.1. The lowest BCUT2D eigenvalue weighted by atomic mass is 10.1. The molecule has 0 N–H and O–H groups in total. The molecule has 0 fully saturated rings. The molecule has 0 radical (unpaired) electrons. The van der Waals surface area contributed by atoms with Gasteiger partial charge in [-0.15, -0.1) is 0 Å². The predicted octanol–water partition coefficient (Wildman–Crippen LogP) is 0.186. The number of aryl methyl sites for hydroxylation is 1. The molecule has 0 bridgehead atoms. The molecule has 0 atom stereocenters. The molecule has 0 unspecified atom stereocenters. The third-order valence-electron chi connectivity index (χ3n) is 3.16. The molecular formula is C17H20INO2. The van der Waals surface area contributed by atoms with Gasteiger partial charge in [0.05, 0.1) is 14.2 Å². The molecular weight excluding hydrogens is 377 g/mol. The summed E-state index contributed by atoms with van der Waals surface area (Å²) >= 11 is 0. The Kier molecular flexibility index (Phi) is 7.22. The highest BCUT2D eigenvalue weighted by atomic mass is 127. The van der Waals surface area contributed by atoms with E-state index in [1.165, 1.54) is 5.56 Å². The van der Waals surface area contributed by atoms with E-state index in [9.17, 15) is 0 Å². The van der Waals surface area contributed by atoms with E-state index < -0.39 is 0 Å². The van der Waals surface area contributed by atoms with Crippen molar-refractivity contribution < 1.29 is 38.0 Å². The maximum absolute atomic E-state index is 5.30. The first-order valence-electron chi connectivity index (χ1n) is 6.66. The molecule has 2 aromatic rings. The van der Waals surface area contributed by atoms with Gasteiger partial charge >= 0.3 is 0 Å². The highest BCUT2D eigenvalue weighted by Gasteiger charge is 2.02. The molecule has 21 heavy (non-hydrogen) atoms. The zero-order chi connectivity index (χ0) is 14.4. The molecule has 112 valence electrons. The predicted molar refractivity (Wildman–Crippen MR) is 80.8 cm³/mol. The molecule has 3 nitrogen and oxygen atoms in total. The standard InChI is InChI=1S/C17H20NO2.HI/c1-4-18-11-9-14(10-12-18)5-6-15-7-8-16(19-2)17(13-15)20-3;/h5-13H,4H2,1-3H3;1H/q+1;/p-1. The number of halogens is 1. The van der Waals surface area contributed by atoms with Gasteiger partial charge in [-0.05, 0) is 30.2 Å². The van der Waals surface area contributed by atoms with E-state index in [4.69, 9.17) is 9.47 Å². The van der Waals surface area contributed by atoms with Crippen LogP contribution in [0.2, 0.25) is 0 Å². The Morgan fingerprint density at radius 1 is 0.905 bits per heavy atom. The normalized spacial score (nSPS) is 10.2. The van der Waals surface area contributed by atoms with Crippen molar-refractivity contribution in [2.45, 2.75) is 13.5 Å². The summed E-state index contributed by atoms with van der Waals surface area (Å²) in [6.07, 6.45) is 8.30. The molecule has 1 heterocycles. The van der Waals surface area contributed by atoms with Gasteiger partial charge in [-0.1, -0.05) is 18.2 Å². The minimum absolute atomic E-state index is 0. The number of hydrogen-bond donors (Lipinski definition) is 0. The SMILES string of the molecule is CC[n+]1ccc(C=Cc2ccc(OC)c(OC)c2)cc1.[I-]. The van der Waals surface area contributed by atoms with Crippen molar-refractivity contribution >= 4 is 12.2 Å². The zero-order valence-electron chi connectivity index (χ0n) is 12.5. The van der Waals surface area contributed by atoms with Crippen molar-refractivity contribution in [2.75, 3.05) is 14.2 Å². The van der Waals surface area contributed by atoms with E-state index in [2.05, 4.69) is 48.2 Å². The second-order valence-corrected chi connectivity index (χ2v) is 4.41. The first-order valence-corrected chi connectivity index (χ1v) is 6.66. The summed E-state index contributed by atoms with van der Waals surface area (Å²) < 4.78 is 12.7. The minimum Gasteiger partial charge on any atom is -1.00 e. The van der Waals surface area contributed by atoms with Gasteiger partial charge in [0, 0.05) is 12.1 Å². The van der Waals surface area contributed by atoms with Crippen LogP contribution in [0.5, 0.6) is 11.5 Å². The van der Waals surface area contributed by atoms with E-state index in [0.717, 1.165) is 23.6 Å². The number of aromatic nitrogens is 1. The molecule has 0 spiro atoms. The smallest absolute Gasteiger partial charge is 0.169 e. The largest absolute Gasteiger partial charge is 1.00 e. The van der Waals surface area contributed by atoms with Crippen LogP contribution in [0.1, 0.15) is 18.1 Å². The van der Waals surface area contributed by atoms with Crippen molar-refractivity contribution in [2.24, 2.45) is 0 Å². The van der Waals surface area contributed by atoms with Crippen molar-refractivity contribution in [3.05, 3.63) is 53.9 Å². The lowest BCUT2D eigenvalue weighted by Gasteiger charge is -2.07. The number of pyridine rings is 1. The molecule has 0 aliphatic heterocycles. The molecule has 2 rings (SSSR count). The van der Waals surface area contributed by atoms with Gasteiger partial charge in [0.2, 0.25) is 0 Å². The van der Waals surface area contributed by atoms with Crippen LogP contribution in [-0.4, -0.2) is 14.2 Å². The monoisotopic (exact) mass is 397 g/mol. The molecule has 1 aromatic carbocycles. The van der Waals surface area contributed by atoms with E-state index in [-0.39, 0.29) is 24.0 Å². The maximum atomic E-state index is 5.30. The summed E-state index contributed by atoms with van der Waals surface area (Å²) in [5.74, 6) is 1.49. The molecule has 0 saturated heterocycles. The number of benzene rings is 1. The number of nitrogens with zero attached hydrogens (tertiary/aromatic N) is 1. The summed E-state index contributed by atoms with van der Waals surface area (Å²) in [4.78, 5) is 0. The lowest BCUT2D eigenvalue weighted by Crippen LogP contribution is -3.00. The highest BCUT2D eigenvalue weighted by molar-refractivity contribution is 5.70. The van der Waals surface area contributed by atoms with E-state index in [1.807, 2.05) is 18.2 Å². The summed E-state index contributed by atoms with van der Waals surface area (Å²) in [5.41, 5.74) is 2.25. The quantitative estimate of drug-likeness (QED) is 0.531. The topological polar surface area (TPSA) is 22.3 Å². The molecule has 0 aliphatic rings. The van der Waals surface area contributed by atoms with Gasteiger partial charge < -0.3 is 33.5 Å². The molecule has 0 amide bonds. The Hall–Kier alpha value is -1.56. The van der Waals surface area contributed by atoms with Crippen LogP contribution in [0.25, 0.3) is 12.2 Å². The van der Waals surface area contributed by atoms with Crippen molar-refractivity contribution in [3.8, 4) is 11.5 Å². The van der Waals surface area contributed by atoms with Crippen molar-refractivity contribution in [1.82, 2.24) is 0 Å². The summed E-state index contributed by atoms with van der Waals surface area (Å²) in [7, 11) is 3.28. The summed E-state index contributed by atoms with van der Waals surface area (Å²) in [5, 5.41) is 0. The minimum atomic E-state index is 0. The zero-order valence-corrected chi connectivity index (χ0v) is 14.7. The van der Waals surface area contributed by atoms with Gasteiger partial charge in [-0.3, -0.25) is 0 Å². The molecule has 4 heteroatoms. The average molecular weight is 397 g/mol. The number of methoxy groups -OCH3 is 2. The van der Waals surface area contributed by atoms with Gasteiger partial charge in [-0.2, -0.15) is 0 Å². The van der Waals surface area contributed by atoms with E-state index >= 15 is 0 Å². The average Bonchev–Trinajstić information content (AvgIpc) is 2.53. The Morgan fingerprint density at radius 2 is 1.52 bits per heavy atom. The van der Waals surface area contributed by atoms with Crippen molar-refractivity contribution in [3.63, 3.8) is 0 Å². The Balaban J connectivity index is 0.00000220. The molecule has 1 aromatic heterocycles. The van der Waals surface area contributed by atoms with Gasteiger partial charge in [0.25, 0.3) is 0 Å². The van der Waals surface area contributed by atoms with Gasteiger partial charge in [0.15, 0.2) is 23.9 Å². The van der Waals surface area contributed by atoms with E-state index in [0.29, 0.717) is 0 Å². The number of ether oxygens (including phenoxy) is 2. The van der Waals surface area contributed by atoms with Gasteiger partial charge in [0.1, 0.15) is 6.54 Å². The molecule has 0 aliphatic carbocycles.